The molecule has 2 N–H and O–H groups in total. The van der Waals surface area contributed by atoms with Gasteiger partial charge in [-0.25, -0.2) is 10.2 Å². The average Bonchev–Trinajstić information content (AvgIpc) is 3.23. The van der Waals surface area contributed by atoms with Crippen LogP contribution in [0.5, 0.6) is 5.75 Å². The zero-order chi connectivity index (χ0) is 23.4. The highest BCUT2D eigenvalue weighted by Crippen LogP contribution is 2.34. The first-order valence-electron chi connectivity index (χ1n) is 9.67. The lowest BCUT2D eigenvalue weighted by molar-refractivity contribution is 0.0696. The molecule has 9 heteroatoms. The van der Waals surface area contributed by atoms with Crippen molar-refractivity contribution in [2.45, 2.75) is 6.61 Å². The van der Waals surface area contributed by atoms with E-state index in [0.717, 1.165) is 10.9 Å². The summed E-state index contributed by atoms with van der Waals surface area (Å²) >= 11 is 9.78. The van der Waals surface area contributed by atoms with E-state index >= 15 is 0 Å². The molecule has 0 radical (unpaired) electrons. The number of nitrogens with one attached hydrogen (secondary N) is 1. The summed E-state index contributed by atoms with van der Waals surface area (Å²) in [6.45, 7) is 0.208. The minimum absolute atomic E-state index is 0.160. The number of aromatic carboxylic acids is 1. The van der Waals surface area contributed by atoms with E-state index in [0.29, 0.717) is 26.4 Å². The summed E-state index contributed by atoms with van der Waals surface area (Å²) in [4.78, 5) is 23.2. The van der Waals surface area contributed by atoms with Crippen molar-refractivity contribution in [1.29, 1.82) is 0 Å². The Hall–Kier alpha value is -3.62. The summed E-state index contributed by atoms with van der Waals surface area (Å²) in [6, 6.07) is 18.7. The maximum absolute atomic E-state index is 12.3. The number of carbonyl (C=O) groups is 2. The van der Waals surface area contributed by atoms with E-state index in [4.69, 9.17) is 25.9 Å². The number of furan rings is 1. The van der Waals surface area contributed by atoms with E-state index in [1.165, 1.54) is 18.3 Å². The fourth-order valence-corrected chi connectivity index (χ4v) is 3.99. The van der Waals surface area contributed by atoms with Crippen molar-refractivity contribution < 1.29 is 23.8 Å². The fraction of sp³-hybridized carbons (Fsp3) is 0.0417. The van der Waals surface area contributed by atoms with Crippen molar-refractivity contribution in [3.8, 4) is 5.75 Å². The molecule has 0 unspecified atom stereocenters. The Morgan fingerprint density at radius 3 is 2.58 bits per heavy atom. The fourth-order valence-electron chi connectivity index (χ4n) is 3.01. The molecule has 0 fully saturated rings. The van der Waals surface area contributed by atoms with Crippen LogP contribution in [0.25, 0.3) is 11.0 Å². The molecule has 1 heterocycles. The number of fused-ring (bicyclic) bond motifs is 1. The van der Waals surface area contributed by atoms with Gasteiger partial charge in [-0.2, -0.15) is 5.10 Å². The molecular formula is C24H16BrClN2O5. The van der Waals surface area contributed by atoms with Crippen LogP contribution in [0.1, 0.15) is 32.0 Å². The number of nitrogens with zero attached hydrogens (tertiary/aromatic N) is 1. The van der Waals surface area contributed by atoms with Gasteiger partial charge in [0.05, 0.1) is 21.3 Å². The molecule has 4 aromatic rings. The Morgan fingerprint density at radius 1 is 1.12 bits per heavy atom. The minimum atomic E-state index is -0.987. The second-order valence-electron chi connectivity index (χ2n) is 6.95. The lowest BCUT2D eigenvalue weighted by atomic mass is 10.1. The van der Waals surface area contributed by atoms with Gasteiger partial charge in [0.2, 0.25) is 0 Å². The first-order valence-corrected chi connectivity index (χ1v) is 10.8. The van der Waals surface area contributed by atoms with Gasteiger partial charge in [0, 0.05) is 5.39 Å². The molecule has 1 aromatic heterocycles. The number of halogens is 2. The van der Waals surface area contributed by atoms with E-state index in [1.807, 2.05) is 18.2 Å². The van der Waals surface area contributed by atoms with Crippen LogP contribution in [0.4, 0.5) is 0 Å². The van der Waals surface area contributed by atoms with E-state index in [9.17, 15) is 9.59 Å². The molecule has 1 amide bonds. The van der Waals surface area contributed by atoms with Crippen molar-refractivity contribution in [3.63, 3.8) is 0 Å². The maximum atomic E-state index is 12.3. The number of amides is 1. The topological polar surface area (TPSA) is 101 Å². The summed E-state index contributed by atoms with van der Waals surface area (Å²) in [5.74, 6) is -0.865. The van der Waals surface area contributed by atoms with Crippen molar-refractivity contribution in [3.05, 3.63) is 98.7 Å². The molecule has 0 saturated carbocycles. The summed E-state index contributed by atoms with van der Waals surface area (Å²) in [5.41, 5.74) is 4.68. The van der Waals surface area contributed by atoms with Crippen LogP contribution < -0.4 is 10.2 Å². The average molecular weight is 528 g/mol. The molecule has 0 bridgehead atoms. The lowest BCUT2D eigenvalue weighted by Crippen LogP contribution is -2.16. The highest BCUT2D eigenvalue weighted by molar-refractivity contribution is 9.10. The zero-order valence-electron chi connectivity index (χ0n) is 16.9. The number of carboxylic acid groups (broad SMARTS) is 1. The van der Waals surface area contributed by atoms with E-state index in [1.54, 1.807) is 36.4 Å². The Kier molecular flexibility index (Phi) is 6.76. The Bertz CT molecular complexity index is 1310. The number of hydrogen-bond acceptors (Lipinski definition) is 5. The van der Waals surface area contributed by atoms with Gasteiger partial charge >= 0.3 is 11.9 Å². The van der Waals surface area contributed by atoms with Crippen molar-refractivity contribution in [1.82, 2.24) is 5.43 Å². The number of ether oxygens (including phenoxy) is 1. The molecule has 166 valence electrons. The molecule has 0 aliphatic rings. The summed E-state index contributed by atoms with van der Waals surface area (Å²) in [5, 5.41) is 14.1. The number of benzene rings is 3. The molecule has 0 atom stereocenters. The Balaban J connectivity index is 1.39. The lowest BCUT2D eigenvalue weighted by Gasteiger charge is -2.11. The van der Waals surface area contributed by atoms with Crippen LogP contribution >= 0.6 is 27.5 Å². The van der Waals surface area contributed by atoms with Crippen LogP contribution in [0.15, 0.2) is 80.7 Å². The maximum Gasteiger partial charge on any atom is 0.335 e. The van der Waals surface area contributed by atoms with Crippen LogP contribution in [0, 0.1) is 0 Å². The SMILES string of the molecule is O=C(O)c1ccc(COc2c(Cl)cc(/C=N/NC(=O)c3cc4ccccc4o3)cc2Br)cc1. The first kappa shape index (κ1) is 22.6. The van der Waals surface area contributed by atoms with E-state index < -0.39 is 11.9 Å². The Labute approximate surface area is 201 Å². The van der Waals surface area contributed by atoms with Crippen molar-refractivity contribution in [2.75, 3.05) is 0 Å². The van der Waals surface area contributed by atoms with E-state index in [-0.39, 0.29) is 17.9 Å². The Morgan fingerprint density at radius 2 is 1.88 bits per heavy atom. The summed E-state index contributed by atoms with van der Waals surface area (Å²) < 4.78 is 11.9. The van der Waals surface area contributed by atoms with Crippen LogP contribution in [0.3, 0.4) is 0 Å². The third-order valence-corrected chi connectivity index (χ3v) is 5.50. The number of para-hydroxylation sites is 1. The number of hydrazone groups is 1. The third-order valence-electron chi connectivity index (χ3n) is 4.63. The largest absolute Gasteiger partial charge is 0.486 e. The second kappa shape index (κ2) is 9.89. The number of carboxylic acids is 1. The van der Waals surface area contributed by atoms with Gasteiger partial charge in [0.1, 0.15) is 12.2 Å². The molecule has 33 heavy (non-hydrogen) atoms. The molecule has 0 saturated heterocycles. The summed E-state index contributed by atoms with van der Waals surface area (Å²) in [7, 11) is 0. The highest BCUT2D eigenvalue weighted by Gasteiger charge is 2.12. The van der Waals surface area contributed by atoms with Gasteiger partial charge in [-0.05, 0) is 63.5 Å². The van der Waals surface area contributed by atoms with Gasteiger partial charge in [0.15, 0.2) is 11.5 Å². The predicted octanol–water partition coefficient (Wildman–Crippen LogP) is 5.89. The number of carbonyl (C=O) groups excluding carboxylic acids is 1. The van der Waals surface area contributed by atoms with Gasteiger partial charge in [0.25, 0.3) is 0 Å². The van der Waals surface area contributed by atoms with Gasteiger partial charge < -0.3 is 14.3 Å². The predicted molar refractivity (Wildman–Crippen MR) is 128 cm³/mol. The van der Waals surface area contributed by atoms with Crippen LogP contribution in [-0.4, -0.2) is 23.2 Å². The van der Waals surface area contributed by atoms with Crippen molar-refractivity contribution in [2.24, 2.45) is 5.10 Å². The van der Waals surface area contributed by atoms with Crippen LogP contribution in [-0.2, 0) is 6.61 Å². The molecule has 0 spiro atoms. The van der Waals surface area contributed by atoms with Crippen molar-refractivity contribution >= 4 is 56.6 Å². The molecule has 3 aromatic carbocycles. The van der Waals surface area contributed by atoms with Crippen LogP contribution in [0.2, 0.25) is 5.02 Å². The smallest absolute Gasteiger partial charge is 0.335 e. The molecule has 4 rings (SSSR count). The second-order valence-corrected chi connectivity index (χ2v) is 8.21. The van der Waals surface area contributed by atoms with Gasteiger partial charge in [-0.3, -0.25) is 4.79 Å². The number of rotatable bonds is 7. The molecular weight excluding hydrogens is 512 g/mol. The van der Waals surface area contributed by atoms with Gasteiger partial charge in [-0.1, -0.05) is 41.9 Å². The minimum Gasteiger partial charge on any atom is -0.486 e. The first-order chi connectivity index (χ1) is 15.9. The monoisotopic (exact) mass is 526 g/mol. The normalized spacial score (nSPS) is 11.1. The zero-order valence-corrected chi connectivity index (χ0v) is 19.3. The standard InChI is InChI=1S/C24H16BrClN2O5/c25-18-9-15(12-27-28-23(29)21-11-17-3-1-2-4-20(17)33-21)10-19(26)22(18)32-13-14-5-7-16(8-6-14)24(30)31/h1-12H,13H2,(H,28,29)(H,30,31)/b27-12+. The molecule has 7 nitrogen and oxygen atoms in total. The third kappa shape index (κ3) is 5.42. The number of hydrogen-bond donors (Lipinski definition) is 2. The summed E-state index contributed by atoms with van der Waals surface area (Å²) in [6.07, 6.45) is 1.45. The van der Waals surface area contributed by atoms with E-state index in [2.05, 4.69) is 26.5 Å². The molecule has 0 aliphatic heterocycles. The highest BCUT2D eigenvalue weighted by atomic mass is 79.9. The quantitative estimate of drug-likeness (QED) is 0.230. The van der Waals surface area contributed by atoms with Gasteiger partial charge in [-0.15, -0.1) is 0 Å². The molecule has 0 aliphatic carbocycles.